The molecule has 0 saturated carbocycles. The highest BCUT2D eigenvalue weighted by molar-refractivity contribution is 5.93. The van der Waals surface area contributed by atoms with Gasteiger partial charge in [0, 0.05) is 5.57 Å². The molecule has 0 heterocycles. The molecule has 1 unspecified atom stereocenters. The van der Waals surface area contributed by atoms with E-state index in [-0.39, 0.29) is 36.5 Å². The van der Waals surface area contributed by atoms with E-state index in [1.165, 1.54) is 38.1 Å². The molecule has 0 aliphatic carbocycles. The Balaban J connectivity index is 2.44. The molecule has 130 valence electrons. The smallest absolute Gasteiger partial charge is 0.338 e. The summed E-state index contributed by atoms with van der Waals surface area (Å²) in [7, 11) is 0. The minimum atomic E-state index is -0.748. The Kier molecular flexibility index (Phi) is 7.64. The molecule has 1 aromatic carbocycles. The molecular formula is C17H20O7. The fourth-order valence-electron chi connectivity index (χ4n) is 1.50. The number of aliphatic hydroxyl groups excluding tert-OH is 1. The van der Waals surface area contributed by atoms with Crippen molar-refractivity contribution in [2.75, 3.05) is 19.8 Å². The summed E-state index contributed by atoms with van der Waals surface area (Å²) in [5.74, 6) is -1.75. The molecule has 0 aromatic heterocycles. The zero-order chi connectivity index (χ0) is 18.1. The molecule has 7 heteroatoms. The number of hydrogen-bond donors (Lipinski definition) is 1. The second kappa shape index (κ2) is 9.46. The van der Waals surface area contributed by atoms with Crippen LogP contribution < -0.4 is 0 Å². The Bertz CT molecular complexity index is 602. The van der Waals surface area contributed by atoms with Gasteiger partial charge in [-0.3, -0.25) is 0 Å². The highest BCUT2D eigenvalue weighted by Gasteiger charge is 2.12. The van der Waals surface area contributed by atoms with E-state index < -0.39 is 24.0 Å². The fourth-order valence-corrected chi connectivity index (χ4v) is 1.50. The number of benzene rings is 1. The van der Waals surface area contributed by atoms with Crippen molar-refractivity contribution in [2.45, 2.75) is 20.0 Å². The summed E-state index contributed by atoms with van der Waals surface area (Å²) in [6.45, 7) is 6.18. The number of carbonyl (C=O) groups excluding carboxylic acids is 3. The van der Waals surface area contributed by atoms with Crippen molar-refractivity contribution in [3.05, 3.63) is 47.5 Å². The van der Waals surface area contributed by atoms with Crippen LogP contribution in [-0.4, -0.2) is 48.9 Å². The maximum atomic E-state index is 11.8. The van der Waals surface area contributed by atoms with Gasteiger partial charge in [0.1, 0.15) is 19.8 Å². The number of esters is 3. The third kappa shape index (κ3) is 6.62. The van der Waals surface area contributed by atoms with Crippen molar-refractivity contribution >= 4 is 17.9 Å². The monoisotopic (exact) mass is 336 g/mol. The van der Waals surface area contributed by atoms with Crippen LogP contribution in [0.2, 0.25) is 0 Å². The van der Waals surface area contributed by atoms with Crippen LogP contribution in [0.1, 0.15) is 34.6 Å². The van der Waals surface area contributed by atoms with E-state index in [2.05, 4.69) is 6.58 Å². The fraction of sp³-hybridized carbons (Fsp3) is 0.353. The zero-order valence-electron chi connectivity index (χ0n) is 13.6. The third-order valence-corrected chi connectivity index (χ3v) is 2.71. The Morgan fingerprint density at radius 3 is 1.92 bits per heavy atom. The Morgan fingerprint density at radius 2 is 1.46 bits per heavy atom. The van der Waals surface area contributed by atoms with E-state index in [0.717, 1.165) is 0 Å². The number of hydrogen-bond acceptors (Lipinski definition) is 7. The molecular weight excluding hydrogens is 316 g/mol. The molecule has 1 rings (SSSR count). The molecule has 0 aliphatic rings. The quantitative estimate of drug-likeness (QED) is 0.332. The normalized spacial score (nSPS) is 11.3. The molecule has 0 radical (unpaired) electrons. The summed E-state index contributed by atoms with van der Waals surface area (Å²) in [6.07, 6.45) is -0.748. The molecule has 7 nitrogen and oxygen atoms in total. The van der Waals surface area contributed by atoms with Gasteiger partial charge in [0.2, 0.25) is 0 Å². The van der Waals surface area contributed by atoms with Crippen LogP contribution in [0.25, 0.3) is 0 Å². The van der Waals surface area contributed by atoms with Crippen molar-refractivity contribution in [1.29, 1.82) is 0 Å². The first kappa shape index (κ1) is 19.4. The van der Waals surface area contributed by atoms with Crippen LogP contribution in [0.3, 0.4) is 0 Å². The SMILES string of the molecule is C=C(C)C(=O)OCCOC(=O)c1ccc(C(=O)OCC(C)O)cc1. The average Bonchev–Trinajstić information content (AvgIpc) is 2.56. The zero-order valence-corrected chi connectivity index (χ0v) is 13.6. The molecule has 0 amide bonds. The molecule has 0 fully saturated rings. The minimum absolute atomic E-state index is 0.0683. The predicted molar refractivity (Wildman–Crippen MR) is 84.5 cm³/mol. The van der Waals surface area contributed by atoms with Crippen molar-refractivity contribution in [3.63, 3.8) is 0 Å². The van der Waals surface area contributed by atoms with Gasteiger partial charge in [0.05, 0.1) is 17.2 Å². The summed E-state index contributed by atoms with van der Waals surface area (Å²) in [6, 6.07) is 5.67. The highest BCUT2D eigenvalue weighted by Crippen LogP contribution is 2.08. The van der Waals surface area contributed by atoms with Crippen molar-refractivity contribution in [3.8, 4) is 0 Å². The van der Waals surface area contributed by atoms with Gasteiger partial charge in [-0.2, -0.15) is 0 Å². The lowest BCUT2D eigenvalue weighted by Crippen LogP contribution is -2.16. The summed E-state index contributed by atoms with van der Waals surface area (Å²) >= 11 is 0. The van der Waals surface area contributed by atoms with Crippen molar-refractivity contribution in [1.82, 2.24) is 0 Å². The topological polar surface area (TPSA) is 99.1 Å². The lowest BCUT2D eigenvalue weighted by atomic mass is 10.1. The number of aliphatic hydroxyl groups is 1. The molecule has 0 bridgehead atoms. The van der Waals surface area contributed by atoms with Gasteiger partial charge in [-0.15, -0.1) is 0 Å². The average molecular weight is 336 g/mol. The first-order chi connectivity index (χ1) is 11.3. The van der Waals surface area contributed by atoms with Crippen LogP contribution in [0.15, 0.2) is 36.4 Å². The van der Waals surface area contributed by atoms with Gasteiger partial charge in [0.25, 0.3) is 0 Å². The summed E-state index contributed by atoms with van der Waals surface area (Å²) < 4.78 is 14.6. The van der Waals surface area contributed by atoms with Crippen molar-refractivity contribution in [2.24, 2.45) is 0 Å². The van der Waals surface area contributed by atoms with E-state index in [4.69, 9.17) is 19.3 Å². The molecule has 0 saturated heterocycles. The van der Waals surface area contributed by atoms with Gasteiger partial charge in [0.15, 0.2) is 0 Å². The lowest BCUT2D eigenvalue weighted by Gasteiger charge is -2.08. The van der Waals surface area contributed by atoms with E-state index in [1.54, 1.807) is 0 Å². The molecule has 1 atom stereocenters. The Hall–Kier alpha value is -2.67. The molecule has 0 aliphatic heterocycles. The Morgan fingerprint density at radius 1 is 1.00 bits per heavy atom. The maximum absolute atomic E-state index is 11.8. The number of carbonyl (C=O) groups is 3. The van der Waals surface area contributed by atoms with Crippen LogP contribution >= 0.6 is 0 Å². The predicted octanol–water partition coefficient (Wildman–Crippen LogP) is 1.50. The van der Waals surface area contributed by atoms with Gasteiger partial charge in [-0.1, -0.05) is 6.58 Å². The van der Waals surface area contributed by atoms with Gasteiger partial charge in [-0.25, -0.2) is 14.4 Å². The van der Waals surface area contributed by atoms with Crippen LogP contribution in [-0.2, 0) is 19.0 Å². The minimum Gasteiger partial charge on any atom is -0.459 e. The van der Waals surface area contributed by atoms with E-state index in [0.29, 0.717) is 0 Å². The Labute approximate surface area is 139 Å². The first-order valence-electron chi connectivity index (χ1n) is 7.26. The van der Waals surface area contributed by atoms with E-state index in [1.807, 2.05) is 0 Å². The molecule has 0 spiro atoms. The molecule has 1 N–H and O–H groups in total. The van der Waals surface area contributed by atoms with Crippen molar-refractivity contribution < 1.29 is 33.7 Å². The number of ether oxygens (including phenoxy) is 3. The second-order valence-electron chi connectivity index (χ2n) is 5.08. The largest absolute Gasteiger partial charge is 0.459 e. The maximum Gasteiger partial charge on any atom is 0.338 e. The highest BCUT2D eigenvalue weighted by atomic mass is 16.6. The van der Waals surface area contributed by atoms with Gasteiger partial charge in [-0.05, 0) is 38.1 Å². The summed E-state index contributed by atoms with van der Waals surface area (Å²) in [5.41, 5.74) is 0.760. The summed E-state index contributed by atoms with van der Waals surface area (Å²) in [5, 5.41) is 9.06. The molecule has 24 heavy (non-hydrogen) atoms. The van der Waals surface area contributed by atoms with Gasteiger partial charge < -0.3 is 19.3 Å². The van der Waals surface area contributed by atoms with E-state index in [9.17, 15) is 14.4 Å². The van der Waals surface area contributed by atoms with E-state index >= 15 is 0 Å². The summed E-state index contributed by atoms with van der Waals surface area (Å²) in [4.78, 5) is 34.6. The third-order valence-electron chi connectivity index (χ3n) is 2.71. The van der Waals surface area contributed by atoms with Crippen LogP contribution in [0, 0.1) is 0 Å². The lowest BCUT2D eigenvalue weighted by molar-refractivity contribution is -0.140. The molecule has 1 aromatic rings. The van der Waals surface area contributed by atoms with Crippen LogP contribution in [0.5, 0.6) is 0 Å². The van der Waals surface area contributed by atoms with Crippen LogP contribution in [0.4, 0.5) is 0 Å². The van der Waals surface area contributed by atoms with Gasteiger partial charge >= 0.3 is 17.9 Å². The second-order valence-corrected chi connectivity index (χ2v) is 5.08. The number of rotatable bonds is 8. The first-order valence-corrected chi connectivity index (χ1v) is 7.26. The standard InChI is InChI=1S/C17H20O7/c1-11(2)15(19)22-8-9-23-16(20)13-4-6-14(7-5-13)17(21)24-10-12(3)18/h4-7,12,18H,1,8-10H2,2-3H3.